The van der Waals surface area contributed by atoms with Gasteiger partial charge < -0.3 is 10.1 Å². The second kappa shape index (κ2) is 5.91. The second-order valence-corrected chi connectivity index (χ2v) is 4.55. The molecule has 1 N–H and O–H groups in total. The van der Waals surface area contributed by atoms with Crippen molar-refractivity contribution in [3.05, 3.63) is 0 Å². The zero-order chi connectivity index (χ0) is 12.0. The van der Waals surface area contributed by atoms with Gasteiger partial charge in [0.1, 0.15) is 0 Å². The highest BCUT2D eigenvalue weighted by Crippen LogP contribution is 2.17. The average Bonchev–Trinajstić information content (AvgIpc) is 2.30. The van der Waals surface area contributed by atoms with E-state index in [1.165, 1.54) is 12.8 Å². The quantitative estimate of drug-likeness (QED) is 0.584. The molecule has 0 aliphatic carbocycles. The van der Waals surface area contributed by atoms with Gasteiger partial charge >= 0.3 is 5.97 Å². The fourth-order valence-electron chi connectivity index (χ4n) is 1.80. The summed E-state index contributed by atoms with van der Waals surface area (Å²) in [6.07, 6.45) is 9.86. The molecule has 90 valence electrons. The summed E-state index contributed by atoms with van der Waals surface area (Å²) in [4.78, 5) is 11.7. The predicted molar refractivity (Wildman–Crippen MR) is 63.9 cm³/mol. The topological polar surface area (TPSA) is 38.3 Å². The standard InChI is InChI=1S/C13H21NO2/c1-4-13(3,5-2)16-12(15)10-11-8-6-7-9-14-11/h1,11,14H,5-10H2,2-3H3. The fraction of sp³-hybridized carbons (Fsp3) is 0.769. The summed E-state index contributed by atoms with van der Waals surface area (Å²) in [7, 11) is 0. The molecule has 0 aromatic rings. The van der Waals surface area contributed by atoms with Crippen molar-refractivity contribution in [1.29, 1.82) is 0 Å². The molecular formula is C13H21NO2. The first-order valence-electron chi connectivity index (χ1n) is 6.02. The number of hydrogen-bond donors (Lipinski definition) is 1. The van der Waals surface area contributed by atoms with E-state index in [9.17, 15) is 4.79 Å². The van der Waals surface area contributed by atoms with Crippen LogP contribution in [0.1, 0.15) is 46.0 Å². The minimum atomic E-state index is -0.744. The third-order valence-corrected chi connectivity index (χ3v) is 3.14. The molecule has 0 aromatic carbocycles. The first kappa shape index (κ1) is 13.1. The number of carbonyl (C=O) groups is 1. The van der Waals surface area contributed by atoms with Crippen LogP contribution in [-0.4, -0.2) is 24.2 Å². The first-order chi connectivity index (χ1) is 7.59. The van der Waals surface area contributed by atoms with Gasteiger partial charge in [-0.1, -0.05) is 19.3 Å². The van der Waals surface area contributed by atoms with Gasteiger partial charge in [0.05, 0.1) is 6.42 Å². The third-order valence-electron chi connectivity index (χ3n) is 3.14. The highest BCUT2D eigenvalue weighted by atomic mass is 16.6. The van der Waals surface area contributed by atoms with Crippen LogP contribution in [0.3, 0.4) is 0 Å². The van der Waals surface area contributed by atoms with Gasteiger partial charge in [0.25, 0.3) is 0 Å². The highest BCUT2D eigenvalue weighted by molar-refractivity contribution is 5.71. The van der Waals surface area contributed by atoms with E-state index in [-0.39, 0.29) is 12.0 Å². The molecule has 3 heteroatoms. The van der Waals surface area contributed by atoms with E-state index in [0.29, 0.717) is 12.8 Å². The number of carbonyl (C=O) groups excluding carboxylic acids is 1. The zero-order valence-corrected chi connectivity index (χ0v) is 10.2. The number of rotatable bonds is 4. The van der Waals surface area contributed by atoms with E-state index >= 15 is 0 Å². The maximum absolute atomic E-state index is 11.7. The molecule has 0 amide bonds. The lowest BCUT2D eigenvalue weighted by Gasteiger charge is -2.26. The monoisotopic (exact) mass is 223 g/mol. The summed E-state index contributed by atoms with van der Waals surface area (Å²) in [5.74, 6) is 2.34. The van der Waals surface area contributed by atoms with Gasteiger partial charge in [0.2, 0.25) is 0 Å². The molecular weight excluding hydrogens is 202 g/mol. The molecule has 0 bridgehead atoms. The van der Waals surface area contributed by atoms with E-state index in [4.69, 9.17) is 11.2 Å². The van der Waals surface area contributed by atoms with Crippen molar-refractivity contribution < 1.29 is 9.53 Å². The Labute approximate surface area is 97.9 Å². The minimum Gasteiger partial charge on any atom is -0.446 e. The Morgan fingerprint density at radius 2 is 2.38 bits per heavy atom. The lowest BCUT2D eigenvalue weighted by Crippen LogP contribution is -2.38. The summed E-state index contributed by atoms with van der Waals surface area (Å²) in [5, 5.41) is 3.32. The van der Waals surface area contributed by atoms with Crippen LogP contribution in [0.2, 0.25) is 0 Å². The summed E-state index contributed by atoms with van der Waals surface area (Å²) in [6.45, 7) is 4.70. The number of esters is 1. The molecule has 16 heavy (non-hydrogen) atoms. The highest BCUT2D eigenvalue weighted by Gasteiger charge is 2.25. The van der Waals surface area contributed by atoms with Crippen LogP contribution in [0.25, 0.3) is 0 Å². The fourth-order valence-corrected chi connectivity index (χ4v) is 1.80. The van der Waals surface area contributed by atoms with Crippen LogP contribution in [-0.2, 0) is 9.53 Å². The molecule has 1 rings (SSSR count). The minimum absolute atomic E-state index is 0.193. The van der Waals surface area contributed by atoms with Crippen molar-refractivity contribution in [2.24, 2.45) is 0 Å². The summed E-state index contributed by atoms with van der Waals surface area (Å²) >= 11 is 0. The van der Waals surface area contributed by atoms with Crippen LogP contribution >= 0.6 is 0 Å². The lowest BCUT2D eigenvalue weighted by molar-refractivity contribution is -0.154. The van der Waals surface area contributed by atoms with Crippen LogP contribution < -0.4 is 5.32 Å². The Morgan fingerprint density at radius 1 is 1.62 bits per heavy atom. The molecule has 2 atom stereocenters. The van der Waals surface area contributed by atoms with E-state index in [0.717, 1.165) is 13.0 Å². The zero-order valence-electron chi connectivity index (χ0n) is 10.2. The maximum atomic E-state index is 11.7. The Balaban J connectivity index is 2.38. The third kappa shape index (κ3) is 3.86. The van der Waals surface area contributed by atoms with Crippen molar-refractivity contribution >= 4 is 5.97 Å². The number of nitrogens with one attached hydrogen (secondary N) is 1. The van der Waals surface area contributed by atoms with Gasteiger partial charge in [-0.2, -0.15) is 0 Å². The molecule has 1 saturated heterocycles. The van der Waals surface area contributed by atoms with Gasteiger partial charge in [-0.05, 0) is 32.7 Å². The normalized spacial score (nSPS) is 24.2. The van der Waals surface area contributed by atoms with Gasteiger partial charge in [-0.15, -0.1) is 6.42 Å². The van der Waals surface area contributed by atoms with Crippen molar-refractivity contribution in [3.8, 4) is 12.3 Å². The summed E-state index contributed by atoms with van der Waals surface area (Å²) < 4.78 is 5.32. The van der Waals surface area contributed by atoms with Crippen molar-refractivity contribution in [3.63, 3.8) is 0 Å². The van der Waals surface area contributed by atoms with E-state index < -0.39 is 5.60 Å². The van der Waals surface area contributed by atoms with Gasteiger partial charge in [0, 0.05) is 6.04 Å². The molecule has 1 heterocycles. The lowest BCUT2D eigenvalue weighted by atomic mass is 10.0. The SMILES string of the molecule is C#CC(C)(CC)OC(=O)CC1CCCCN1. The van der Waals surface area contributed by atoms with Gasteiger partial charge in [-0.3, -0.25) is 4.79 Å². The largest absolute Gasteiger partial charge is 0.446 e. The van der Waals surface area contributed by atoms with E-state index in [1.54, 1.807) is 6.92 Å². The van der Waals surface area contributed by atoms with Crippen molar-refractivity contribution in [1.82, 2.24) is 5.32 Å². The van der Waals surface area contributed by atoms with Crippen LogP contribution in [0.15, 0.2) is 0 Å². The molecule has 0 saturated carbocycles. The Bertz CT molecular complexity index is 276. The van der Waals surface area contributed by atoms with E-state index in [1.807, 2.05) is 6.92 Å². The molecule has 0 radical (unpaired) electrons. The van der Waals surface area contributed by atoms with Gasteiger partial charge in [-0.25, -0.2) is 0 Å². The first-order valence-corrected chi connectivity index (χ1v) is 6.02. The molecule has 2 unspecified atom stereocenters. The van der Waals surface area contributed by atoms with Crippen LogP contribution in [0, 0.1) is 12.3 Å². The van der Waals surface area contributed by atoms with Crippen molar-refractivity contribution in [2.45, 2.75) is 57.6 Å². The van der Waals surface area contributed by atoms with Crippen molar-refractivity contribution in [2.75, 3.05) is 6.54 Å². The number of hydrogen-bond acceptors (Lipinski definition) is 3. The number of piperidine rings is 1. The molecule has 0 aromatic heterocycles. The number of ether oxygens (including phenoxy) is 1. The smallest absolute Gasteiger partial charge is 0.308 e. The predicted octanol–water partition coefficient (Wildman–Crippen LogP) is 1.86. The van der Waals surface area contributed by atoms with Crippen LogP contribution in [0.5, 0.6) is 0 Å². The second-order valence-electron chi connectivity index (χ2n) is 4.55. The Kier molecular flexibility index (Phi) is 4.82. The Hall–Kier alpha value is -1.01. The Morgan fingerprint density at radius 3 is 2.88 bits per heavy atom. The summed E-state index contributed by atoms with van der Waals surface area (Å²) in [5.41, 5.74) is -0.744. The molecule has 0 spiro atoms. The molecule has 3 nitrogen and oxygen atoms in total. The summed E-state index contributed by atoms with van der Waals surface area (Å²) in [6, 6.07) is 0.264. The van der Waals surface area contributed by atoms with Gasteiger partial charge in [0.15, 0.2) is 5.60 Å². The average molecular weight is 223 g/mol. The molecule has 1 aliphatic heterocycles. The van der Waals surface area contributed by atoms with E-state index in [2.05, 4.69) is 11.2 Å². The number of terminal acetylenes is 1. The maximum Gasteiger partial charge on any atom is 0.308 e. The van der Waals surface area contributed by atoms with Crippen LogP contribution in [0.4, 0.5) is 0 Å². The molecule has 1 aliphatic rings. The molecule has 1 fully saturated rings.